The van der Waals surface area contributed by atoms with Gasteiger partial charge in [-0.3, -0.25) is 9.36 Å². The number of aryl methyl sites for hydroxylation is 1. The molecule has 0 fully saturated rings. The van der Waals surface area contributed by atoms with Crippen molar-refractivity contribution in [3.8, 4) is 6.07 Å². The number of hydrogen-bond acceptors (Lipinski definition) is 7. The van der Waals surface area contributed by atoms with E-state index in [1.807, 2.05) is 12.1 Å². The van der Waals surface area contributed by atoms with Gasteiger partial charge in [-0.2, -0.15) is 5.26 Å². The lowest BCUT2D eigenvalue weighted by molar-refractivity contribution is 0.730. The predicted molar refractivity (Wildman–Crippen MR) is 108 cm³/mol. The van der Waals surface area contributed by atoms with Crippen molar-refractivity contribution < 1.29 is 0 Å². The number of thiophene rings is 1. The Balaban J connectivity index is 1.74. The number of para-hydroxylation sites is 1. The van der Waals surface area contributed by atoms with E-state index in [-0.39, 0.29) is 12.1 Å². The van der Waals surface area contributed by atoms with Gasteiger partial charge in [-0.05, 0) is 24.6 Å². The lowest BCUT2D eigenvalue weighted by atomic mass is 10.2. The van der Waals surface area contributed by atoms with Crippen molar-refractivity contribution in [2.75, 3.05) is 0 Å². The number of rotatable bonds is 5. The van der Waals surface area contributed by atoms with Gasteiger partial charge in [-0.25, -0.2) is 15.0 Å². The first-order valence-corrected chi connectivity index (χ1v) is 10.2. The van der Waals surface area contributed by atoms with E-state index in [1.54, 1.807) is 29.8 Å². The Kier molecular flexibility index (Phi) is 4.88. The standard InChI is InChI=1S/C19H15N5OS2/c1-2-12-9-14-17(21-11-22-18(14)27-12)26-10-16-23-15-6-4-3-5-13(15)19(25)24(16)8-7-20/h3-6,9,11H,2,8,10H2,1H3. The van der Waals surface area contributed by atoms with Gasteiger partial charge in [0.1, 0.15) is 28.6 Å². The van der Waals surface area contributed by atoms with Gasteiger partial charge >= 0.3 is 0 Å². The molecule has 3 heterocycles. The summed E-state index contributed by atoms with van der Waals surface area (Å²) >= 11 is 3.18. The van der Waals surface area contributed by atoms with Crippen molar-refractivity contribution in [3.05, 3.63) is 57.7 Å². The molecule has 0 amide bonds. The summed E-state index contributed by atoms with van der Waals surface area (Å²) in [6.45, 7) is 2.09. The molecule has 0 unspecified atom stereocenters. The van der Waals surface area contributed by atoms with Crippen molar-refractivity contribution in [2.24, 2.45) is 0 Å². The fraction of sp³-hybridized carbons (Fsp3) is 0.211. The van der Waals surface area contributed by atoms with Gasteiger partial charge in [-0.15, -0.1) is 11.3 Å². The Morgan fingerprint density at radius 1 is 1.26 bits per heavy atom. The molecule has 6 nitrogen and oxygen atoms in total. The molecular formula is C19H15N5OS2. The van der Waals surface area contributed by atoms with E-state index in [1.165, 1.54) is 21.2 Å². The molecule has 0 bridgehead atoms. The van der Waals surface area contributed by atoms with Crippen molar-refractivity contribution in [2.45, 2.75) is 30.7 Å². The SMILES string of the molecule is CCc1cc2c(SCc3nc4ccccc4c(=O)n3CC#N)ncnc2s1. The summed E-state index contributed by atoms with van der Waals surface area (Å²) in [5.74, 6) is 1.02. The monoisotopic (exact) mass is 393 g/mol. The Bertz CT molecular complexity index is 1240. The van der Waals surface area contributed by atoms with Crippen LogP contribution in [0.1, 0.15) is 17.6 Å². The van der Waals surface area contributed by atoms with Gasteiger partial charge in [0.25, 0.3) is 5.56 Å². The van der Waals surface area contributed by atoms with E-state index in [2.05, 4.69) is 34.0 Å². The zero-order chi connectivity index (χ0) is 18.8. The molecule has 4 aromatic rings. The molecule has 134 valence electrons. The van der Waals surface area contributed by atoms with Crippen molar-refractivity contribution >= 4 is 44.2 Å². The summed E-state index contributed by atoms with van der Waals surface area (Å²) < 4.78 is 1.44. The van der Waals surface area contributed by atoms with Gasteiger partial charge in [-0.1, -0.05) is 30.8 Å². The van der Waals surface area contributed by atoms with Crippen LogP contribution in [-0.4, -0.2) is 19.5 Å². The molecule has 3 aromatic heterocycles. The van der Waals surface area contributed by atoms with Crippen LogP contribution < -0.4 is 5.56 Å². The average Bonchev–Trinajstić information content (AvgIpc) is 3.13. The number of nitriles is 1. The number of nitrogens with zero attached hydrogens (tertiary/aromatic N) is 5. The predicted octanol–water partition coefficient (Wildman–Crippen LogP) is 3.78. The second-order valence-corrected chi connectivity index (χ2v) is 7.93. The van der Waals surface area contributed by atoms with Crippen LogP contribution >= 0.6 is 23.1 Å². The van der Waals surface area contributed by atoms with Crippen LogP contribution in [0.4, 0.5) is 0 Å². The number of benzene rings is 1. The molecule has 0 atom stereocenters. The van der Waals surface area contributed by atoms with Crippen molar-refractivity contribution in [1.29, 1.82) is 5.26 Å². The first-order valence-electron chi connectivity index (χ1n) is 8.43. The largest absolute Gasteiger partial charge is 0.281 e. The Morgan fingerprint density at radius 3 is 2.93 bits per heavy atom. The van der Waals surface area contributed by atoms with Gasteiger partial charge < -0.3 is 0 Å². The minimum atomic E-state index is -0.186. The van der Waals surface area contributed by atoms with Crippen LogP contribution in [-0.2, 0) is 18.7 Å². The highest BCUT2D eigenvalue weighted by atomic mass is 32.2. The first kappa shape index (κ1) is 17.6. The normalized spacial score (nSPS) is 11.1. The van der Waals surface area contributed by atoms with E-state index in [9.17, 15) is 4.79 Å². The molecule has 0 aliphatic rings. The summed E-state index contributed by atoms with van der Waals surface area (Å²) in [4.78, 5) is 28.3. The maximum atomic E-state index is 12.7. The molecule has 0 N–H and O–H groups in total. The van der Waals surface area contributed by atoms with Crippen LogP contribution in [0.5, 0.6) is 0 Å². The highest BCUT2D eigenvalue weighted by Crippen LogP contribution is 2.32. The molecule has 0 aliphatic heterocycles. The molecule has 0 spiro atoms. The lowest BCUT2D eigenvalue weighted by Crippen LogP contribution is -2.24. The smallest absolute Gasteiger partial charge is 0.262 e. The molecular weight excluding hydrogens is 378 g/mol. The van der Waals surface area contributed by atoms with E-state index in [4.69, 9.17) is 5.26 Å². The van der Waals surface area contributed by atoms with Gasteiger partial charge in [0.15, 0.2) is 0 Å². The molecule has 1 aromatic carbocycles. The summed E-state index contributed by atoms with van der Waals surface area (Å²) in [5.41, 5.74) is 0.457. The highest BCUT2D eigenvalue weighted by molar-refractivity contribution is 7.98. The third kappa shape index (κ3) is 3.31. The summed E-state index contributed by atoms with van der Waals surface area (Å²) in [6, 6.07) is 11.4. The average molecular weight is 393 g/mol. The third-order valence-corrected chi connectivity index (χ3v) is 6.39. The van der Waals surface area contributed by atoms with Crippen LogP contribution in [0, 0.1) is 11.3 Å². The number of fused-ring (bicyclic) bond motifs is 2. The van der Waals surface area contributed by atoms with E-state index < -0.39 is 0 Å². The van der Waals surface area contributed by atoms with Gasteiger partial charge in [0.2, 0.25) is 0 Å². The van der Waals surface area contributed by atoms with Crippen molar-refractivity contribution in [1.82, 2.24) is 19.5 Å². The quantitative estimate of drug-likeness (QED) is 0.379. The zero-order valence-electron chi connectivity index (χ0n) is 14.5. The Morgan fingerprint density at radius 2 is 2.11 bits per heavy atom. The van der Waals surface area contributed by atoms with Crippen LogP contribution in [0.15, 0.2) is 46.5 Å². The minimum Gasteiger partial charge on any atom is -0.281 e. The first-order chi connectivity index (χ1) is 13.2. The van der Waals surface area contributed by atoms with Crippen LogP contribution in [0.25, 0.3) is 21.1 Å². The van der Waals surface area contributed by atoms with Crippen LogP contribution in [0.3, 0.4) is 0 Å². The molecule has 8 heteroatoms. The van der Waals surface area contributed by atoms with Crippen LogP contribution in [0.2, 0.25) is 0 Å². The maximum absolute atomic E-state index is 12.7. The molecule has 0 saturated heterocycles. The maximum Gasteiger partial charge on any atom is 0.262 e. The van der Waals surface area contributed by atoms with Gasteiger partial charge in [0, 0.05) is 10.3 Å². The fourth-order valence-electron chi connectivity index (χ4n) is 2.86. The highest BCUT2D eigenvalue weighted by Gasteiger charge is 2.13. The zero-order valence-corrected chi connectivity index (χ0v) is 16.2. The summed E-state index contributed by atoms with van der Waals surface area (Å²) in [5, 5.41) is 11.5. The molecule has 0 radical (unpaired) electrons. The molecule has 0 aliphatic carbocycles. The summed E-state index contributed by atoms with van der Waals surface area (Å²) in [6.07, 6.45) is 2.52. The minimum absolute atomic E-state index is 0.0236. The lowest BCUT2D eigenvalue weighted by Gasteiger charge is -2.10. The Labute approximate surface area is 163 Å². The third-order valence-electron chi connectivity index (χ3n) is 4.20. The fourth-order valence-corrected chi connectivity index (χ4v) is 4.78. The molecule has 27 heavy (non-hydrogen) atoms. The topological polar surface area (TPSA) is 84.5 Å². The van der Waals surface area contributed by atoms with E-state index >= 15 is 0 Å². The van der Waals surface area contributed by atoms with Gasteiger partial charge in [0.05, 0.1) is 22.7 Å². The number of aromatic nitrogens is 4. The number of thioether (sulfide) groups is 1. The van der Waals surface area contributed by atoms with E-state index in [0.717, 1.165) is 21.7 Å². The number of hydrogen-bond donors (Lipinski definition) is 0. The second-order valence-electron chi connectivity index (χ2n) is 5.85. The molecule has 4 rings (SSSR count). The second kappa shape index (κ2) is 7.47. The molecule has 0 saturated carbocycles. The van der Waals surface area contributed by atoms with Crippen molar-refractivity contribution in [3.63, 3.8) is 0 Å². The van der Waals surface area contributed by atoms with E-state index in [0.29, 0.717) is 22.5 Å². The Hall–Kier alpha value is -2.76. The summed E-state index contributed by atoms with van der Waals surface area (Å²) in [7, 11) is 0.